The molecule has 0 radical (unpaired) electrons. The first kappa shape index (κ1) is 29.8. The van der Waals surface area contributed by atoms with Gasteiger partial charge in [0, 0.05) is 35.3 Å². The summed E-state index contributed by atoms with van der Waals surface area (Å²) in [5, 5.41) is 8.90. The number of benzene rings is 2. The van der Waals surface area contributed by atoms with Crippen molar-refractivity contribution in [3.8, 4) is 5.75 Å². The van der Waals surface area contributed by atoms with Gasteiger partial charge in [0.1, 0.15) is 24.0 Å². The van der Waals surface area contributed by atoms with Crippen LogP contribution in [-0.4, -0.2) is 64.6 Å². The second kappa shape index (κ2) is 12.3. The van der Waals surface area contributed by atoms with Gasteiger partial charge in [-0.25, -0.2) is 9.59 Å². The first-order valence-electron chi connectivity index (χ1n) is 14.4. The Morgan fingerprint density at radius 3 is 2.42 bits per heavy atom. The van der Waals surface area contributed by atoms with Crippen LogP contribution in [0.4, 0.5) is 9.59 Å². The van der Waals surface area contributed by atoms with E-state index in [1.165, 1.54) is 0 Å². The molecule has 2 aliphatic rings. The van der Waals surface area contributed by atoms with E-state index in [2.05, 4.69) is 20.9 Å². The van der Waals surface area contributed by atoms with E-state index in [9.17, 15) is 19.2 Å². The van der Waals surface area contributed by atoms with E-state index < -0.39 is 35.7 Å². The van der Waals surface area contributed by atoms with Crippen LogP contribution >= 0.6 is 0 Å². The Labute approximate surface area is 250 Å². The van der Waals surface area contributed by atoms with E-state index in [-0.39, 0.29) is 11.8 Å². The number of carbonyl (C=O) groups is 4. The number of fused-ring (bicyclic) bond motifs is 1. The molecule has 226 valence electrons. The molecule has 2 fully saturated rings. The zero-order valence-corrected chi connectivity index (χ0v) is 24.8. The number of aryl methyl sites for hydroxylation is 1. The third-order valence-corrected chi connectivity index (χ3v) is 7.60. The highest BCUT2D eigenvalue weighted by Gasteiger charge is 2.42. The van der Waals surface area contributed by atoms with Gasteiger partial charge >= 0.3 is 12.1 Å². The van der Waals surface area contributed by atoms with Gasteiger partial charge in [-0.3, -0.25) is 19.9 Å². The third kappa shape index (κ3) is 7.22. The lowest BCUT2D eigenvalue weighted by Crippen LogP contribution is -2.57. The molecule has 2 saturated heterocycles. The summed E-state index contributed by atoms with van der Waals surface area (Å²) in [4.78, 5) is 56.6. The van der Waals surface area contributed by atoms with Gasteiger partial charge in [0.15, 0.2) is 0 Å². The largest absolute Gasteiger partial charge is 0.489 e. The fourth-order valence-electron chi connectivity index (χ4n) is 5.54. The van der Waals surface area contributed by atoms with Crippen molar-refractivity contribution in [1.82, 2.24) is 25.8 Å². The SMILES string of the molecule is Cc1cc(COc2ccc(C(=O)NC(C3CCN(C(=O)OC(C)(C)C)CC3)C3NC(=O)NC3=O)cc2)c2ccccc2n1. The number of nitrogens with one attached hydrogen (secondary N) is 3. The number of rotatable bonds is 7. The number of imide groups is 1. The summed E-state index contributed by atoms with van der Waals surface area (Å²) in [5.74, 6) is -0.426. The van der Waals surface area contributed by atoms with E-state index in [1.54, 1.807) is 29.2 Å². The number of carbonyl (C=O) groups excluding carboxylic acids is 4. The number of ether oxygens (including phenoxy) is 2. The van der Waals surface area contributed by atoms with Crippen molar-refractivity contribution in [3.05, 3.63) is 71.4 Å². The molecule has 2 unspecified atom stereocenters. The molecule has 2 atom stereocenters. The number of hydrogen-bond donors (Lipinski definition) is 3. The van der Waals surface area contributed by atoms with Gasteiger partial charge in [-0.2, -0.15) is 0 Å². The molecular formula is C32H37N5O6. The van der Waals surface area contributed by atoms with Crippen LogP contribution < -0.4 is 20.7 Å². The third-order valence-electron chi connectivity index (χ3n) is 7.60. The van der Waals surface area contributed by atoms with Crippen LogP contribution in [0.2, 0.25) is 0 Å². The van der Waals surface area contributed by atoms with Crippen LogP contribution in [-0.2, 0) is 16.1 Å². The Morgan fingerprint density at radius 1 is 1.07 bits per heavy atom. The van der Waals surface area contributed by atoms with Crippen LogP contribution in [0.5, 0.6) is 5.75 Å². The van der Waals surface area contributed by atoms with Crippen molar-refractivity contribution in [2.45, 2.75) is 64.8 Å². The first-order valence-corrected chi connectivity index (χ1v) is 14.4. The molecule has 3 N–H and O–H groups in total. The quantitative estimate of drug-likeness (QED) is 0.354. The fourth-order valence-corrected chi connectivity index (χ4v) is 5.54. The molecule has 11 heteroatoms. The maximum Gasteiger partial charge on any atom is 0.410 e. The molecule has 0 saturated carbocycles. The molecule has 0 spiro atoms. The average Bonchev–Trinajstić information content (AvgIpc) is 3.31. The van der Waals surface area contributed by atoms with Crippen molar-refractivity contribution in [2.75, 3.05) is 13.1 Å². The van der Waals surface area contributed by atoms with Gasteiger partial charge in [-0.1, -0.05) is 18.2 Å². The van der Waals surface area contributed by atoms with Crippen LogP contribution in [0.1, 0.15) is 55.2 Å². The van der Waals surface area contributed by atoms with Crippen molar-refractivity contribution in [2.24, 2.45) is 5.92 Å². The monoisotopic (exact) mass is 587 g/mol. The Hall–Kier alpha value is -4.67. The van der Waals surface area contributed by atoms with Crippen LogP contribution in [0.3, 0.4) is 0 Å². The molecule has 0 aliphatic carbocycles. The molecular weight excluding hydrogens is 550 g/mol. The summed E-state index contributed by atoms with van der Waals surface area (Å²) >= 11 is 0. The molecule has 3 aromatic rings. The predicted octanol–water partition coefficient (Wildman–Crippen LogP) is 4.08. The normalized spacial score (nSPS) is 18.1. The lowest BCUT2D eigenvalue weighted by molar-refractivity contribution is -0.121. The van der Waals surface area contributed by atoms with Gasteiger partial charge < -0.3 is 25.0 Å². The molecule has 11 nitrogen and oxygen atoms in total. The molecule has 3 heterocycles. The second-order valence-corrected chi connectivity index (χ2v) is 12.0. The van der Waals surface area contributed by atoms with Gasteiger partial charge in [0.05, 0.1) is 11.6 Å². The van der Waals surface area contributed by atoms with E-state index in [4.69, 9.17) is 9.47 Å². The summed E-state index contributed by atoms with van der Waals surface area (Å²) in [7, 11) is 0. The Kier molecular flexibility index (Phi) is 8.52. The zero-order chi connectivity index (χ0) is 30.7. The van der Waals surface area contributed by atoms with E-state index in [0.717, 1.165) is 22.2 Å². The minimum absolute atomic E-state index is 0.155. The summed E-state index contributed by atoms with van der Waals surface area (Å²) < 4.78 is 11.5. The van der Waals surface area contributed by atoms with E-state index in [0.29, 0.717) is 43.9 Å². The predicted molar refractivity (Wildman–Crippen MR) is 160 cm³/mol. The van der Waals surface area contributed by atoms with Gasteiger partial charge in [0.2, 0.25) is 0 Å². The van der Waals surface area contributed by atoms with Crippen molar-refractivity contribution < 1.29 is 28.7 Å². The lowest BCUT2D eigenvalue weighted by atomic mass is 9.85. The minimum Gasteiger partial charge on any atom is -0.489 e. The van der Waals surface area contributed by atoms with Gasteiger partial charge in [-0.05, 0) is 82.9 Å². The number of likely N-dealkylation sites (tertiary alicyclic amines) is 1. The standard InChI is InChI=1S/C32H37N5O6/c1-19-17-22(24-7-5-6-8-25(24)33-19)18-42-23-11-9-21(10-12-23)28(38)34-26(27-29(39)36-30(40)35-27)20-13-15-37(16-14-20)31(41)43-32(2,3)4/h5-12,17,20,26-27H,13-16,18H2,1-4H3,(H,34,38)(H2,35,36,39,40). The summed E-state index contributed by atoms with van der Waals surface area (Å²) in [6.45, 7) is 8.54. The van der Waals surface area contributed by atoms with Gasteiger partial charge in [0.25, 0.3) is 11.8 Å². The first-order chi connectivity index (χ1) is 20.5. The molecule has 5 amide bonds. The van der Waals surface area contributed by atoms with Crippen LogP contribution in [0, 0.1) is 12.8 Å². The van der Waals surface area contributed by atoms with E-state index in [1.807, 2.05) is 58.0 Å². The minimum atomic E-state index is -0.921. The number of hydrogen-bond acceptors (Lipinski definition) is 7. The smallest absolute Gasteiger partial charge is 0.410 e. The van der Waals surface area contributed by atoms with Crippen molar-refractivity contribution in [3.63, 3.8) is 0 Å². The summed E-state index contributed by atoms with van der Waals surface area (Å²) in [6, 6.07) is 14.5. The number of amides is 5. The Balaban J connectivity index is 1.24. The topological polar surface area (TPSA) is 139 Å². The highest BCUT2D eigenvalue weighted by Crippen LogP contribution is 2.26. The van der Waals surface area contributed by atoms with Crippen LogP contribution in [0.15, 0.2) is 54.6 Å². The molecule has 0 bridgehead atoms. The van der Waals surface area contributed by atoms with Crippen molar-refractivity contribution >= 4 is 34.8 Å². The molecule has 1 aromatic heterocycles. The highest BCUT2D eigenvalue weighted by atomic mass is 16.6. The zero-order valence-electron chi connectivity index (χ0n) is 24.8. The number of nitrogens with zero attached hydrogens (tertiary/aromatic N) is 2. The number of aromatic nitrogens is 1. The molecule has 2 aromatic carbocycles. The number of pyridine rings is 1. The maximum absolute atomic E-state index is 13.4. The summed E-state index contributed by atoms with van der Waals surface area (Å²) in [5.41, 5.74) is 2.61. The summed E-state index contributed by atoms with van der Waals surface area (Å²) in [6.07, 6.45) is 0.660. The molecule has 43 heavy (non-hydrogen) atoms. The maximum atomic E-state index is 13.4. The van der Waals surface area contributed by atoms with Gasteiger partial charge in [-0.15, -0.1) is 0 Å². The fraction of sp³-hybridized carbons (Fsp3) is 0.406. The van der Waals surface area contributed by atoms with E-state index >= 15 is 0 Å². The number of para-hydroxylation sites is 1. The lowest BCUT2D eigenvalue weighted by Gasteiger charge is -2.38. The Bertz CT molecular complexity index is 1530. The average molecular weight is 588 g/mol. The van der Waals surface area contributed by atoms with Crippen LogP contribution in [0.25, 0.3) is 10.9 Å². The molecule has 2 aliphatic heterocycles. The number of piperidine rings is 1. The van der Waals surface area contributed by atoms with Crippen molar-refractivity contribution in [1.29, 1.82) is 0 Å². The molecule has 5 rings (SSSR count). The Morgan fingerprint density at radius 2 is 1.77 bits per heavy atom. The second-order valence-electron chi connectivity index (χ2n) is 12.0. The highest BCUT2D eigenvalue weighted by molar-refractivity contribution is 6.05. The number of urea groups is 1.